The molecular formula is C13H17N3O3S. The Kier molecular flexibility index (Phi) is 5.55. The molecule has 108 valence electrons. The number of sulfonamides is 1. The zero-order valence-corrected chi connectivity index (χ0v) is 12.2. The van der Waals surface area contributed by atoms with Gasteiger partial charge in [0.05, 0.1) is 25.0 Å². The van der Waals surface area contributed by atoms with Gasteiger partial charge in [-0.25, -0.2) is 8.42 Å². The molecule has 0 spiro atoms. The van der Waals surface area contributed by atoms with Crippen molar-refractivity contribution in [2.24, 2.45) is 0 Å². The van der Waals surface area contributed by atoms with E-state index < -0.39 is 10.0 Å². The van der Waals surface area contributed by atoms with Crippen LogP contribution < -0.4 is 15.4 Å². The first-order chi connectivity index (χ1) is 9.31. The van der Waals surface area contributed by atoms with Crippen LogP contribution in [0.15, 0.2) is 18.2 Å². The molecule has 0 aromatic heterocycles. The first kappa shape index (κ1) is 16.0. The van der Waals surface area contributed by atoms with E-state index in [0.29, 0.717) is 23.5 Å². The van der Waals surface area contributed by atoms with Crippen molar-refractivity contribution < 1.29 is 13.2 Å². The molecule has 3 N–H and O–H groups in total. The van der Waals surface area contributed by atoms with Crippen molar-refractivity contribution in [3.8, 4) is 12.3 Å². The van der Waals surface area contributed by atoms with Crippen LogP contribution in [-0.2, 0) is 14.8 Å². The zero-order chi connectivity index (χ0) is 15.2. The van der Waals surface area contributed by atoms with Crippen molar-refractivity contribution in [2.75, 3.05) is 29.4 Å². The van der Waals surface area contributed by atoms with Crippen LogP contribution >= 0.6 is 0 Å². The summed E-state index contributed by atoms with van der Waals surface area (Å²) in [5, 5.41) is 5.46. The van der Waals surface area contributed by atoms with E-state index in [9.17, 15) is 13.2 Å². The van der Waals surface area contributed by atoms with Gasteiger partial charge in [-0.2, -0.15) is 0 Å². The summed E-state index contributed by atoms with van der Waals surface area (Å²) in [5.74, 6) is 2.15. The van der Waals surface area contributed by atoms with Crippen molar-refractivity contribution in [2.45, 2.75) is 6.92 Å². The second kappa shape index (κ2) is 6.93. The second-order valence-electron chi connectivity index (χ2n) is 4.26. The van der Waals surface area contributed by atoms with Gasteiger partial charge in [0.15, 0.2) is 0 Å². The Morgan fingerprint density at radius 1 is 1.40 bits per heavy atom. The molecule has 0 saturated carbocycles. The molecule has 1 rings (SSSR count). The van der Waals surface area contributed by atoms with Crippen LogP contribution in [0.3, 0.4) is 0 Å². The Balaban J connectivity index is 2.68. The summed E-state index contributed by atoms with van der Waals surface area (Å²) < 4.78 is 24.7. The van der Waals surface area contributed by atoms with Gasteiger partial charge in [-0.05, 0) is 30.7 Å². The van der Waals surface area contributed by atoms with E-state index in [-0.39, 0.29) is 12.5 Å². The highest BCUT2D eigenvalue weighted by molar-refractivity contribution is 7.92. The van der Waals surface area contributed by atoms with Gasteiger partial charge >= 0.3 is 0 Å². The van der Waals surface area contributed by atoms with Crippen LogP contribution in [0.5, 0.6) is 0 Å². The molecule has 0 aliphatic carbocycles. The van der Waals surface area contributed by atoms with Gasteiger partial charge in [0.1, 0.15) is 0 Å². The van der Waals surface area contributed by atoms with Gasteiger partial charge < -0.3 is 5.32 Å². The lowest BCUT2D eigenvalue weighted by molar-refractivity contribution is -0.115. The molecule has 1 aromatic rings. The Morgan fingerprint density at radius 3 is 2.65 bits per heavy atom. The molecule has 1 aromatic carbocycles. The average Bonchev–Trinajstić information content (AvgIpc) is 2.31. The fourth-order valence-corrected chi connectivity index (χ4v) is 2.14. The summed E-state index contributed by atoms with van der Waals surface area (Å²) in [6.07, 6.45) is 6.14. The maximum Gasteiger partial charge on any atom is 0.238 e. The molecule has 6 nitrogen and oxygen atoms in total. The summed E-state index contributed by atoms with van der Waals surface area (Å²) in [6.45, 7) is 2.19. The normalized spacial score (nSPS) is 10.7. The second-order valence-corrected chi connectivity index (χ2v) is 6.01. The zero-order valence-electron chi connectivity index (χ0n) is 11.4. The molecule has 0 fully saturated rings. The number of amides is 1. The van der Waals surface area contributed by atoms with E-state index in [2.05, 4.69) is 21.3 Å². The highest BCUT2D eigenvalue weighted by Gasteiger charge is 2.07. The van der Waals surface area contributed by atoms with Gasteiger partial charge in [0, 0.05) is 5.69 Å². The van der Waals surface area contributed by atoms with Crippen LogP contribution in [0.4, 0.5) is 11.4 Å². The van der Waals surface area contributed by atoms with Crippen LogP contribution in [0, 0.1) is 19.3 Å². The standard InChI is InChI=1S/C13H17N3O3S/c1-4-7-14-9-13(17)15-11-5-6-12(10(2)8-11)16-20(3,18)19/h1,5-6,8,14,16H,7,9H2,2-3H3,(H,15,17). The van der Waals surface area contributed by atoms with Gasteiger partial charge in [-0.1, -0.05) is 5.92 Å². The molecule has 0 aliphatic rings. The number of hydrogen-bond donors (Lipinski definition) is 3. The molecule has 0 saturated heterocycles. The third-order valence-corrected chi connectivity index (χ3v) is 2.91. The maximum atomic E-state index is 11.6. The van der Waals surface area contributed by atoms with Crippen LogP contribution in [0.25, 0.3) is 0 Å². The van der Waals surface area contributed by atoms with Crippen molar-refractivity contribution in [1.29, 1.82) is 0 Å². The van der Waals surface area contributed by atoms with Crippen LogP contribution in [-0.4, -0.2) is 33.7 Å². The fraction of sp³-hybridized carbons (Fsp3) is 0.308. The summed E-state index contributed by atoms with van der Waals surface area (Å²) in [7, 11) is -3.32. The minimum atomic E-state index is -3.32. The largest absolute Gasteiger partial charge is 0.325 e. The number of nitrogens with one attached hydrogen (secondary N) is 3. The van der Waals surface area contributed by atoms with E-state index in [0.717, 1.165) is 6.26 Å². The molecule has 0 heterocycles. The fourth-order valence-electron chi connectivity index (χ4n) is 1.51. The van der Waals surface area contributed by atoms with Gasteiger partial charge in [-0.3, -0.25) is 14.8 Å². The number of aryl methyl sites for hydroxylation is 1. The number of anilines is 2. The van der Waals surface area contributed by atoms with Crippen LogP contribution in [0.2, 0.25) is 0 Å². The number of benzene rings is 1. The number of terminal acetylenes is 1. The predicted octanol–water partition coefficient (Wildman–Crippen LogP) is 0.528. The van der Waals surface area contributed by atoms with Crippen molar-refractivity contribution in [3.05, 3.63) is 23.8 Å². The Hall–Kier alpha value is -2.04. The smallest absolute Gasteiger partial charge is 0.238 e. The summed E-state index contributed by atoms with van der Waals surface area (Å²) in [4.78, 5) is 11.6. The highest BCUT2D eigenvalue weighted by Crippen LogP contribution is 2.20. The van der Waals surface area contributed by atoms with Crippen molar-refractivity contribution >= 4 is 27.3 Å². The average molecular weight is 295 g/mol. The summed E-state index contributed by atoms with van der Waals surface area (Å²) >= 11 is 0. The monoisotopic (exact) mass is 295 g/mol. The lowest BCUT2D eigenvalue weighted by Gasteiger charge is -2.10. The number of carbonyl (C=O) groups is 1. The molecule has 0 aliphatic heterocycles. The number of hydrogen-bond acceptors (Lipinski definition) is 4. The molecule has 0 bridgehead atoms. The quantitative estimate of drug-likeness (QED) is 0.528. The Morgan fingerprint density at radius 2 is 2.10 bits per heavy atom. The van der Waals surface area contributed by atoms with Crippen molar-refractivity contribution in [3.63, 3.8) is 0 Å². The minimum Gasteiger partial charge on any atom is -0.325 e. The van der Waals surface area contributed by atoms with Crippen LogP contribution in [0.1, 0.15) is 5.56 Å². The molecule has 20 heavy (non-hydrogen) atoms. The topological polar surface area (TPSA) is 87.3 Å². The SMILES string of the molecule is C#CCNCC(=O)Nc1ccc(NS(C)(=O)=O)c(C)c1. The number of rotatable bonds is 6. The van der Waals surface area contributed by atoms with E-state index in [1.165, 1.54) is 0 Å². The maximum absolute atomic E-state index is 11.6. The molecule has 0 atom stereocenters. The van der Waals surface area contributed by atoms with E-state index in [1.54, 1.807) is 25.1 Å². The van der Waals surface area contributed by atoms with Gasteiger partial charge in [0.25, 0.3) is 0 Å². The van der Waals surface area contributed by atoms with E-state index >= 15 is 0 Å². The third-order valence-electron chi connectivity index (χ3n) is 2.32. The Labute approximate surface area is 119 Å². The first-order valence-corrected chi connectivity index (χ1v) is 7.73. The van der Waals surface area contributed by atoms with E-state index in [1.807, 2.05) is 0 Å². The minimum absolute atomic E-state index is 0.118. The lowest BCUT2D eigenvalue weighted by atomic mass is 10.2. The summed E-state index contributed by atoms with van der Waals surface area (Å²) in [5.41, 5.74) is 1.79. The first-order valence-electron chi connectivity index (χ1n) is 5.84. The Bertz CT molecular complexity index is 633. The predicted molar refractivity (Wildman–Crippen MR) is 80.0 cm³/mol. The third kappa shape index (κ3) is 5.73. The highest BCUT2D eigenvalue weighted by atomic mass is 32.2. The molecule has 0 radical (unpaired) electrons. The number of carbonyl (C=O) groups excluding carboxylic acids is 1. The molecular weight excluding hydrogens is 278 g/mol. The van der Waals surface area contributed by atoms with Crippen molar-refractivity contribution in [1.82, 2.24) is 5.32 Å². The van der Waals surface area contributed by atoms with Gasteiger partial charge in [0.2, 0.25) is 15.9 Å². The van der Waals surface area contributed by atoms with Gasteiger partial charge in [-0.15, -0.1) is 6.42 Å². The lowest BCUT2D eigenvalue weighted by Crippen LogP contribution is -2.28. The van der Waals surface area contributed by atoms with E-state index in [4.69, 9.17) is 6.42 Å². The molecule has 7 heteroatoms. The molecule has 1 amide bonds. The molecule has 0 unspecified atom stereocenters. The summed E-state index contributed by atoms with van der Waals surface area (Å²) in [6, 6.07) is 4.91.